The lowest BCUT2D eigenvalue weighted by Gasteiger charge is -2.29. The number of pyridine rings is 1. The van der Waals surface area contributed by atoms with E-state index in [9.17, 15) is 0 Å². The number of ether oxygens (including phenoxy) is 3. The zero-order chi connectivity index (χ0) is 20.5. The molecule has 1 saturated heterocycles. The number of hydrogen-bond donors (Lipinski definition) is 1. The molecule has 1 fully saturated rings. The van der Waals surface area contributed by atoms with Crippen LogP contribution in [0.25, 0.3) is 0 Å². The number of methoxy groups -OCH3 is 1. The summed E-state index contributed by atoms with van der Waals surface area (Å²) in [5.74, 6) is 1.48. The van der Waals surface area contributed by atoms with Crippen molar-refractivity contribution in [2.24, 2.45) is 0 Å². The van der Waals surface area contributed by atoms with Crippen LogP contribution >= 0.6 is 12.2 Å². The van der Waals surface area contributed by atoms with Gasteiger partial charge in [0.25, 0.3) is 0 Å². The fourth-order valence-corrected chi connectivity index (χ4v) is 4.40. The van der Waals surface area contributed by atoms with Crippen molar-refractivity contribution in [3.8, 4) is 11.5 Å². The topological polar surface area (TPSA) is 60.8 Å². The highest BCUT2D eigenvalue weighted by Crippen LogP contribution is 2.44. The van der Waals surface area contributed by atoms with Gasteiger partial charge in [-0.1, -0.05) is 6.07 Å². The van der Waals surface area contributed by atoms with E-state index < -0.39 is 0 Å². The summed E-state index contributed by atoms with van der Waals surface area (Å²) in [7, 11) is 1.71. The van der Waals surface area contributed by atoms with E-state index in [0.29, 0.717) is 11.7 Å². The highest BCUT2D eigenvalue weighted by molar-refractivity contribution is 7.80. The number of rotatable bonds is 6. The molecule has 4 heterocycles. The van der Waals surface area contributed by atoms with Crippen LogP contribution in [0.5, 0.6) is 11.5 Å². The average molecular weight is 423 g/mol. The maximum absolute atomic E-state index is 5.79. The van der Waals surface area contributed by atoms with Crippen molar-refractivity contribution in [1.29, 1.82) is 0 Å². The minimum absolute atomic E-state index is 0.0837. The number of hydrogen-bond acceptors (Lipinski definition) is 5. The third kappa shape index (κ3) is 3.28. The summed E-state index contributed by atoms with van der Waals surface area (Å²) >= 11 is 5.79. The van der Waals surface area contributed by atoms with Gasteiger partial charge in [0.1, 0.15) is 6.04 Å². The lowest BCUT2D eigenvalue weighted by Crippen LogP contribution is -2.30. The number of aromatic nitrogens is 2. The molecule has 1 N–H and O–H groups in total. The first-order valence-corrected chi connectivity index (χ1v) is 10.2. The van der Waals surface area contributed by atoms with Crippen molar-refractivity contribution in [3.63, 3.8) is 0 Å². The van der Waals surface area contributed by atoms with E-state index >= 15 is 0 Å². The van der Waals surface area contributed by atoms with Gasteiger partial charge in [0.2, 0.25) is 6.79 Å². The maximum atomic E-state index is 5.79. The van der Waals surface area contributed by atoms with E-state index in [2.05, 4.69) is 38.1 Å². The van der Waals surface area contributed by atoms with Crippen molar-refractivity contribution in [2.75, 3.05) is 25.4 Å². The molecule has 0 amide bonds. The molecule has 8 heteroatoms. The molecule has 3 aromatic rings. The standard InChI is InChI=1S/C22H22N4O3S/c1-27-12-11-25-10-4-6-17(25)21-20(16-5-2-3-9-23-16)24-22(30)26(21)15-7-8-18-19(13-15)29-14-28-18/h2-10,13,20-21H,11-12,14H2,1H3,(H,24,30)/t20-,21-/m0/s1. The molecule has 1 aromatic carbocycles. The predicted molar refractivity (Wildman–Crippen MR) is 117 cm³/mol. The van der Waals surface area contributed by atoms with Crippen LogP contribution in [0.3, 0.4) is 0 Å². The Morgan fingerprint density at radius 2 is 2.07 bits per heavy atom. The van der Waals surface area contributed by atoms with Crippen molar-refractivity contribution in [1.82, 2.24) is 14.9 Å². The molecule has 2 aromatic heterocycles. The van der Waals surface area contributed by atoms with Gasteiger partial charge in [-0.15, -0.1) is 0 Å². The van der Waals surface area contributed by atoms with Crippen molar-refractivity contribution in [2.45, 2.75) is 18.6 Å². The Hall–Kier alpha value is -3.10. The Kier molecular flexibility index (Phi) is 5.02. The first-order chi connectivity index (χ1) is 14.8. The first-order valence-electron chi connectivity index (χ1n) is 9.80. The molecule has 0 radical (unpaired) electrons. The van der Waals surface area contributed by atoms with Crippen LogP contribution < -0.4 is 19.7 Å². The quantitative estimate of drug-likeness (QED) is 0.611. The summed E-state index contributed by atoms with van der Waals surface area (Å²) in [5, 5.41) is 4.13. The van der Waals surface area contributed by atoms with Gasteiger partial charge >= 0.3 is 0 Å². The number of anilines is 1. The van der Waals surface area contributed by atoms with E-state index in [1.165, 1.54) is 0 Å². The van der Waals surface area contributed by atoms with E-state index in [1.807, 2.05) is 42.6 Å². The molecule has 7 nitrogen and oxygen atoms in total. The van der Waals surface area contributed by atoms with Gasteiger partial charge in [-0.2, -0.15) is 0 Å². The number of benzene rings is 1. The van der Waals surface area contributed by atoms with Gasteiger partial charge in [0.15, 0.2) is 16.6 Å². The zero-order valence-corrected chi connectivity index (χ0v) is 17.3. The molecule has 154 valence electrons. The Labute approximate surface area is 180 Å². The van der Waals surface area contributed by atoms with Crippen molar-refractivity contribution in [3.05, 3.63) is 72.3 Å². The van der Waals surface area contributed by atoms with Gasteiger partial charge in [-0.05, 0) is 48.6 Å². The fourth-order valence-electron chi connectivity index (χ4n) is 4.06. The van der Waals surface area contributed by atoms with Crippen LogP contribution in [0, 0.1) is 0 Å². The lowest BCUT2D eigenvalue weighted by atomic mass is 10.0. The van der Waals surface area contributed by atoms with Gasteiger partial charge < -0.3 is 29.0 Å². The summed E-state index contributed by atoms with van der Waals surface area (Å²) in [6, 6.07) is 15.9. The number of thiocarbonyl (C=S) groups is 1. The molecule has 5 rings (SSSR count). The van der Waals surface area contributed by atoms with E-state index in [-0.39, 0.29) is 18.9 Å². The average Bonchev–Trinajstić information content (AvgIpc) is 3.50. The fraction of sp³-hybridized carbons (Fsp3) is 0.273. The first kappa shape index (κ1) is 18.9. The second-order valence-electron chi connectivity index (χ2n) is 7.15. The Morgan fingerprint density at radius 1 is 1.17 bits per heavy atom. The smallest absolute Gasteiger partial charge is 0.231 e. The van der Waals surface area contributed by atoms with Gasteiger partial charge in [-0.3, -0.25) is 4.98 Å². The monoisotopic (exact) mass is 422 g/mol. The maximum Gasteiger partial charge on any atom is 0.231 e. The molecule has 0 saturated carbocycles. The van der Waals surface area contributed by atoms with E-state index in [4.69, 9.17) is 26.4 Å². The Bertz CT molecular complexity index is 1060. The molecule has 0 aliphatic carbocycles. The van der Waals surface area contributed by atoms with Gasteiger partial charge in [0, 0.05) is 43.5 Å². The number of fused-ring (bicyclic) bond motifs is 1. The summed E-state index contributed by atoms with van der Waals surface area (Å²) in [6.07, 6.45) is 3.88. The normalized spacial score (nSPS) is 19.9. The molecule has 30 heavy (non-hydrogen) atoms. The molecule has 2 atom stereocenters. The Morgan fingerprint density at radius 3 is 2.90 bits per heavy atom. The van der Waals surface area contributed by atoms with E-state index in [0.717, 1.165) is 35.1 Å². The summed E-state index contributed by atoms with van der Waals surface area (Å²) in [4.78, 5) is 6.74. The molecule has 0 bridgehead atoms. The van der Waals surface area contributed by atoms with Crippen molar-refractivity contribution < 1.29 is 14.2 Å². The lowest BCUT2D eigenvalue weighted by molar-refractivity contribution is 0.174. The zero-order valence-electron chi connectivity index (χ0n) is 16.5. The summed E-state index contributed by atoms with van der Waals surface area (Å²) in [5.41, 5.74) is 3.01. The van der Waals surface area contributed by atoms with Crippen LogP contribution in [0.1, 0.15) is 23.5 Å². The van der Waals surface area contributed by atoms with Crippen molar-refractivity contribution >= 4 is 23.0 Å². The second-order valence-corrected chi connectivity index (χ2v) is 7.54. The number of nitrogens with one attached hydrogen (secondary N) is 1. The molecular formula is C22H22N4O3S. The predicted octanol–water partition coefficient (Wildman–Crippen LogP) is 3.44. The highest BCUT2D eigenvalue weighted by atomic mass is 32.1. The SMILES string of the molecule is COCCn1cccc1[C@H]1[C@H](c2ccccn2)NC(=S)N1c1ccc2c(c1)OCO2. The van der Waals surface area contributed by atoms with Crippen LogP contribution in [0.2, 0.25) is 0 Å². The summed E-state index contributed by atoms with van der Waals surface area (Å²) < 4.78 is 18.6. The third-order valence-corrected chi connectivity index (χ3v) is 5.75. The molecule has 0 spiro atoms. The van der Waals surface area contributed by atoms with Crippen LogP contribution in [-0.4, -0.2) is 35.2 Å². The molecular weight excluding hydrogens is 400 g/mol. The van der Waals surface area contributed by atoms with Crippen LogP contribution in [0.4, 0.5) is 5.69 Å². The minimum Gasteiger partial charge on any atom is -0.454 e. The molecule has 2 aliphatic heterocycles. The summed E-state index contributed by atoms with van der Waals surface area (Å²) in [6.45, 7) is 1.62. The van der Waals surface area contributed by atoms with Gasteiger partial charge in [-0.25, -0.2) is 0 Å². The largest absolute Gasteiger partial charge is 0.454 e. The van der Waals surface area contributed by atoms with Crippen LogP contribution in [0.15, 0.2) is 60.9 Å². The molecule has 2 aliphatic rings. The van der Waals surface area contributed by atoms with E-state index in [1.54, 1.807) is 7.11 Å². The third-order valence-electron chi connectivity index (χ3n) is 5.44. The minimum atomic E-state index is -0.0969. The Balaban J connectivity index is 1.60. The highest BCUT2D eigenvalue weighted by Gasteiger charge is 2.42. The van der Waals surface area contributed by atoms with Gasteiger partial charge in [0.05, 0.1) is 18.3 Å². The molecule has 0 unspecified atom stereocenters. The number of nitrogens with zero attached hydrogens (tertiary/aromatic N) is 3. The van der Waals surface area contributed by atoms with Crippen LogP contribution in [-0.2, 0) is 11.3 Å². The second kappa shape index (κ2) is 7.97.